The standard InChI is InChI=1S/C30H25N2O5/c1-19-6-5-7-20(12-19)16-32(21-10-11-28(34-2)31-15-21)24-9-4-3-8-22(24)30(29(32)33)17-35-25-14-27-26(13-23(25)30)36-18-37-27/h3-15H,16-18H2,1-2H3/q+1. The third-order valence-corrected chi connectivity index (χ3v) is 7.74. The van der Waals surface area contributed by atoms with E-state index in [9.17, 15) is 0 Å². The third-order valence-electron chi connectivity index (χ3n) is 7.74. The van der Waals surface area contributed by atoms with E-state index < -0.39 is 5.41 Å². The lowest BCUT2D eigenvalue weighted by atomic mass is 9.77. The summed E-state index contributed by atoms with van der Waals surface area (Å²) >= 11 is 0. The number of amides is 1. The monoisotopic (exact) mass is 493 g/mol. The van der Waals surface area contributed by atoms with Gasteiger partial charge in [0.05, 0.1) is 13.3 Å². The zero-order valence-electron chi connectivity index (χ0n) is 20.6. The van der Waals surface area contributed by atoms with Crippen molar-refractivity contribution in [1.82, 2.24) is 9.47 Å². The summed E-state index contributed by atoms with van der Waals surface area (Å²) in [6.45, 7) is 2.86. The number of pyridine rings is 1. The van der Waals surface area contributed by atoms with Crippen molar-refractivity contribution >= 4 is 17.3 Å². The molecule has 3 aromatic carbocycles. The summed E-state index contributed by atoms with van der Waals surface area (Å²) in [5.41, 5.74) is 4.61. The van der Waals surface area contributed by atoms with Gasteiger partial charge in [0.2, 0.25) is 12.7 Å². The van der Waals surface area contributed by atoms with E-state index >= 15 is 4.79 Å². The fraction of sp³-hybridized carbons (Fsp3) is 0.200. The van der Waals surface area contributed by atoms with Gasteiger partial charge >= 0.3 is 5.91 Å². The summed E-state index contributed by atoms with van der Waals surface area (Å²) in [5, 5.41) is 0. The average molecular weight is 494 g/mol. The predicted octanol–water partition coefficient (Wildman–Crippen LogP) is 5.19. The Balaban J connectivity index is 1.50. The number of para-hydroxylation sites is 1. The van der Waals surface area contributed by atoms with Crippen molar-refractivity contribution in [3.05, 3.63) is 101 Å². The lowest BCUT2D eigenvalue weighted by Gasteiger charge is -2.33. The molecular formula is C30H25N2O5+. The minimum Gasteiger partial charge on any atom is -0.491 e. The van der Waals surface area contributed by atoms with Crippen LogP contribution in [0.15, 0.2) is 79.0 Å². The van der Waals surface area contributed by atoms with Gasteiger partial charge in [-0.15, -0.1) is 0 Å². The second-order valence-electron chi connectivity index (χ2n) is 9.73. The van der Waals surface area contributed by atoms with Crippen molar-refractivity contribution in [2.45, 2.75) is 18.9 Å². The molecule has 1 aromatic heterocycles. The number of aromatic nitrogens is 1. The Morgan fingerprint density at radius 1 is 0.919 bits per heavy atom. The first-order valence-electron chi connectivity index (χ1n) is 12.2. The number of hydrogen-bond acceptors (Lipinski definition) is 6. The molecule has 4 heterocycles. The van der Waals surface area contributed by atoms with Crippen molar-refractivity contribution in [2.24, 2.45) is 0 Å². The fourth-order valence-electron chi connectivity index (χ4n) is 6.07. The topological polar surface area (TPSA) is 66.9 Å². The molecule has 3 aliphatic rings. The second kappa shape index (κ2) is 7.82. The van der Waals surface area contributed by atoms with E-state index in [0.717, 1.165) is 33.6 Å². The molecule has 184 valence electrons. The summed E-state index contributed by atoms with van der Waals surface area (Å²) in [6, 6.07) is 23.9. The molecule has 4 aromatic rings. The van der Waals surface area contributed by atoms with Gasteiger partial charge in [-0.05, 0) is 13.0 Å². The summed E-state index contributed by atoms with van der Waals surface area (Å²) in [4.78, 5) is 19.7. The molecule has 1 amide bonds. The lowest BCUT2D eigenvalue weighted by Crippen LogP contribution is -2.53. The highest BCUT2D eigenvalue weighted by Crippen LogP contribution is 2.59. The maximum atomic E-state index is 15.2. The Kier molecular flexibility index (Phi) is 4.62. The minimum atomic E-state index is -1.00. The smallest absolute Gasteiger partial charge is 0.343 e. The van der Waals surface area contributed by atoms with Gasteiger partial charge in [-0.3, -0.25) is 0 Å². The minimum absolute atomic E-state index is 0.0137. The molecule has 7 nitrogen and oxygen atoms in total. The molecule has 7 heteroatoms. The van der Waals surface area contributed by atoms with Gasteiger partial charge < -0.3 is 18.9 Å². The van der Waals surface area contributed by atoms with Gasteiger partial charge in [0.1, 0.15) is 18.9 Å². The van der Waals surface area contributed by atoms with Gasteiger partial charge in [0.25, 0.3) is 0 Å². The number of benzene rings is 3. The van der Waals surface area contributed by atoms with Gasteiger partial charge in [0, 0.05) is 41.0 Å². The van der Waals surface area contributed by atoms with Crippen LogP contribution in [0.2, 0.25) is 0 Å². The van der Waals surface area contributed by atoms with Crippen molar-refractivity contribution in [3.63, 3.8) is 0 Å². The highest BCUT2D eigenvalue weighted by molar-refractivity contribution is 6.11. The molecule has 0 saturated heterocycles. The van der Waals surface area contributed by atoms with Crippen molar-refractivity contribution in [3.8, 4) is 23.1 Å². The molecular weight excluding hydrogens is 468 g/mol. The van der Waals surface area contributed by atoms with E-state index in [1.54, 1.807) is 13.3 Å². The molecule has 0 fully saturated rings. The largest absolute Gasteiger partial charge is 0.491 e. The maximum Gasteiger partial charge on any atom is 0.343 e. The van der Waals surface area contributed by atoms with Gasteiger partial charge in [-0.25, -0.2) is 9.78 Å². The van der Waals surface area contributed by atoms with Crippen LogP contribution in [0.5, 0.6) is 23.1 Å². The molecule has 1 spiro atoms. The van der Waals surface area contributed by atoms with E-state index in [-0.39, 0.29) is 23.8 Å². The number of methoxy groups -OCH3 is 1. The Bertz CT molecular complexity index is 1570. The number of fused-ring (bicyclic) bond motifs is 5. The number of carbonyl (C=O) groups is 1. The van der Waals surface area contributed by atoms with Crippen LogP contribution in [-0.2, 0) is 16.8 Å². The molecule has 7 rings (SSSR count). The number of carbonyl (C=O) groups excluding carboxylic acids is 1. The van der Waals surface area contributed by atoms with Gasteiger partial charge in [0.15, 0.2) is 28.3 Å². The first-order valence-corrected chi connectivity index (χ1v) is 12.2. The fourth-order valence-corrected chi connectivity index (χ4v) is 6.07. The normalized spacial score (nSPS) is 22.6. The zero-order valence-corrected chi connectivity index (χ0v) is 20.6. The van der Waals surface area contributed by atoms with Crippen LogP contribution in [0.3, 0.4) is 0 Å². The van der Waals surface area contributed by atoms with Crippen LogP contribution in [0.1, 0.15) is 22.3 Å². The van der Waals surface area contributed by atoms with Gasteiger partial charge in [-0.1, -0.05) is 48.0 Å². The third kappa shape index (κ3) is 2.92. The Hall–Kier alpha value is -4.36. The first kappa shape index (κ1) is 21.9. The van der Waals surface area contributed by atoms with Crippen LogP contribution in [-0.4, -0.2) is 31.4 Å². The van der Waals surface area contributed by atoms with Crippen molar-refractivity contribution in [2.75, 3.05) is 20.5 Å². The number of hydrogen-bond donors (Lipinski definition) is 0. The van der Waals surface area contributed by atoms with Crippen molar-refractivity contribution in [1.29, 1.82) is 0 Å². The van der Waals surface area contributed by atoms with Crippen LogP contribution >= 0.6 is 0 Å². The maximum absolute atomic E-state index is 15.2. The first-order chi connectivity index (χ1) is 18.1. The highest BCUT2D eigenvalue weighted by Gasteiger charge is 2.67. The molecule has 0 bridgehead atoms. The van der Waals surface area contributed by atoms with Crippen LogP contribution in [0, 0.1) is 6.92 Å². The van der Waals surface area contributed by atoms with Gasteiger partial charge in [-0.2, -0.15) is 4.48 Å². The Labute approximate surface area is 214 Å². The summed E-state index contributed by atoms with van der Waals surface area (Å²) in [7, 11) is 1.58. The molecule has 2 unspecified atom stereocenters. The highest BCUT2D eigenvalue weighted by atomic mass is 16.7. The number of ether oxygens (including phenoxy) is 4. The molecule has 37 heavy (non-hydrogen) atoms. The number of aryl methyl sites for hydroxylation is 1. The van der Waals surface area contributed by atoms with Crippen molar-refractivity contribution < 1.29 is 23.7 Å². The number of rotatable bonds is 4. The quantitative estimate of drug-likeness (QED) is 0.365. The molecule has 0 radical (unpaired) electrons. The predicted molar refractivity (Wildman–Crippen MR) is 137 cm³/mol. The Morgan fingerprint density at radius 2 is 1.76 bits per heavy atom. The molecule has 0 aliphatic carbocycles. The average Bonchev–Trinajstić information content (AvgIpc) is 3.59. The zero-order chi connectivity index (χ0) is 25.2. The summed E-state index contributed by atoms with van der Waals surface area (Å²) in [6.07, 6.45) is 1.75. The molecule has 0 saturated carbocycles. The second-order valence-corrected chi connectivity index (χ2v) is 9.73. The van der Waals surface area contributed by atoms with Crippen LogP contribution in [0.4, 0.5) is 11.4 Å². The summed E-state index contributed by atoms with van der Waals surface area (Å²) in [5.74, 6) is 2.42. The molecule has 2 atom stereocenters. The van der Waals surface area contributed by atoms with Crippen LogP contribution < -0.4 is 23.4 Å². The van der Waals surface area contributed by atoms with E-state index in [1.807, 2.05) is 54.6 Å². The molecule has 0 N–H and O–H groups in total. The van der Waals surface area contributed by atoms with E-state index in [0.29, 0.717) is 29.7 Å². The Morgan fingerprint density at radius 3 is 2.54 bits per heavy atom. The van der Waals surface area contributed by atoms with E-state index in [4.69, 9.17) is 18.9 Å². The van der Waals surface area contributed by atoms with Crippen LogP contribution in [0.25, 0.3) is 0 Å². The lowest BCUT2D eigenvalue weighted by molar-refractivity contribution is -0.131. The SMILES string of the molecule is COc1ccc([N+]2(Cc3cccc(C)c3)C(=O)C3(COc4cc5c(cc43)OCO5)c3ccccc32)cn1. The van der Waals surface area contributed by atoms with E-state index in [2.05, 4.69) is 30.1 Å². The number of quaternary nitrogens is 1. The van der Waals surface area contributed by atoms with E-state index in [1.165, 1.54) is 0 Å². The number of nitrogens with zero attached hydrogens (tertiary/aromatic N) is 2. The summed E-state index contributed by atoms with van der Waals surface area (Å²) < 4.78 is 22.8. The molecule has 3 aliphatic heterocycles.